The Morgan fingerprint density at radius 1 is 1.18 bits per heavy atom. The van der Waals surface area contributed by atoms with Gasteiger partial charge in [0.1, 0.15) is 11.8 Å². The van der Waals surface area contributed by atoms with Crippen LogP contribution in [0, 0.1) is 5.92 Å². The number of hydrogen-bond acceptors (Lipinski definition) is 9. The first-order valence-corrected chi connectivity index (χ1v) is 9.61. The predicted octanol–water partition coefficient (Wildman–Crippen LogP) is -1.68. The lowest BCUT2D eigenvalue weighted by atomic mass is 9.81. The minimum atomic E-state index is -3.78. The van der Waals surface area contributed by atoms with E-state index in [1.807, 2.05) is 0 Å². The van der Waals surface area contributed by atoms with Crippen LogP contribution >= 0.6 is 0 Å². The van der Waals surface area contributed by atoms with Crippen LogP contribution < -0.4 is 5.73 Å². The molecule has 0 aromatic rings. The Balaban J connectivity index is 4.91. The highest BCUT2D eigenvalue weighted by molar-refractivity contribution is 7.86. The van der Waals surface area contributed by atoms with Crippen molar-refractivity contribution in [2.75, 3.05) is 25.7 Å². The molecule has 0 aliphatic heterocycles. The molecule has 0 aromatic heterocycles. The summed E-state index contributed by atoms with van der Waals surface area (Å²) in [7, 11) is -7.52. The molecule has 0 rings (SSSR count). The van der Waals surface area contributed by atoms with E-state index in [-0.39, 0.29) is 12.7 Å². The SMILES string of the molecule is CS(=O)(=O)OCCC(C=O)C(N)(CCOS(C)(=O)=O)C(=O)O. The average molecular weight is 361 g/mol. The van der Waals surface area contributed by atoms with E-state index in [1.165, 1.54) is 0 Å². The van der Waals surface area contributed by atoms with E-state index in [2.05, 4.69) is 8.37 Å². The van der Waals surface area contributed by atoms with Crippen molar-refractivity contribution in [3.8, 4) is 0 Å². The number of nitrogens with two attached hydrogens (primary N) is 1. The van der Waals surface area contributed by atoms with Gasteiger partial charge in [0.05, 0.1) is 25.7 Å². The molecular weight excluding hydrogens is 342 g/mol. The molecule has 0 saturated heterocycles. The summed E-state index contributed by atoms with van der Waals surface area (Å²) >= 11 is 0. The summed E-state index contributed by atoms with van der Waals surface area (Å²) in [6.07, 6.45) is 1.12. The lowest BCUT2D eigenvalue weighted by molar-refractivity contribution is -0.148. The maximum absolute atomic E-state index is 11.3. The van der Waals surface area contributed by atoms with Crippen molar-refractivity contribution in [2.45, 2.75) is 18.4 Å². The Kier molecular flexibility index (Phi) is 7.57. The lowest BCUT2D eigenvalue weighted by Crippen LogP contribution is -2.55. The van der Waals surface area contributed by atoms with Crippen LogP contribution in [0.25, 0.3) is 0 Å². The molecule has 10 nitrogen and oxygen atoms in total. The van der Waals surface area contributed by atoms with E-state index in [0.29, 0.717) is 0 Å². The van der Waals surface area contributed by atoms with E-state index in [4.69, 9.17) is 5.73 Å². The molecule has 0 amide bonds. The number of carboxylic acids is 1. The molecular formula is C10H19NO9S2. The number of carbonyl (C=O) groups excluding carboxylic acids is 1. The van der Waals surface area contributed by atoms with E-state index in [9.17, 15) is 31.5 Å². The Morgan fingerprint density at radius 3 is 2.00 bits per heavy atom. The van der Waals surface area contributed by atoms with Gasteiger partial charge in [0, 0.05) is 12.3 Å². The molecule has 12 heteroatoms. The van der Waals surface area contributed by atoms with Crippen LogP contribution in [0.1, 0.15) is 12.8 Å². The molecule has 3 N–H and O–H groups in total. The number of rotatable bonds is 11. The zero-order chi connectivity index (χ0) is 17.6. The first-order chi connectivity index (χ1) is 9.82. The molecule has 0 fully saturated rings. The standard InChI is InChI=1S/C10H19NO9S2/c1-21(15,16)19-5-3-8(7-12)10(11,9(13)14)4-6-20-22(2,17)18/h7-8H,3-6,11H2,1-2H3,(H,13,14). The molecule has 22 heavy (non-hydrogen) atoms. The number of aldehydes is 1. The normalized spacial score (nSPS) is 16.7. The topological polar surface area (TPSA) is 167 Å². The van der Waals surface area contributed by atoms with Crippen LogP contribution in [0.4, 0.5) is 0 Å². The van der Waals surface area contributed by atoms with Gasteiger partial charge in [-0.15, -0.1) is 0 Å². The van der Waals surface area contributed by atoms with Crippen molar-refractivity contribution < 1.29 is 39.9 Å². The molecule has 0 saturated carbocycles. The summed E-state index contributed by atoms with van der Waals surface area (Å²) in [5.41, 5.74) is 3.56. The molecule has 0 heterocycles. The van der Waals surface area contributed by atoms with Crippen LogP contribution in [0.2, 0.25) is 0 Å². The van der Waals surface area contributed by atoms with Crippen LogP contribution in [0.15, 0.2) is 0 Å². The predicted molar refractivity (Wildman–Crippen MR) is 74.9 cm³/mol. The maximum Gasteiger partial charge on any atom is 0.324 e. The van der Waals surface area contributed by atoms with Crippen LogP contribution in [0.3, 0.4) is 0 Å². The Morgan fingerprint density at radius 2 is 1.64 bits per heavy atom. The second-order valence-corrected chi connectivity index (χ2v) is 7.97. The van der Waals surface area contributed by atoms with Crippen molar-refractivity contribution in [3.63, 3.8) is 0 Å². The minimum Gasteiger partial charge on any atom is -0.480 e. The number of carbonyl (C=O) groups is 2. The van der Waals surface area contributed by atoms with Gasteiger partial charge >= 0.3 is 5.97 Å². The molecule has 2 unspecified atom stereocenters. The Labute approximate surface area is 128 Å². The van der Waals surface area contributed by atoms with Crippen LogP contribution in [0.5, 0.6) is 0 Å². The fourth-order valence-electron chi connectivity index (χ4n) is 1.59. The van der Waals surface area contributed by atoms with Crippen molar-refractivity contribution in [3.05, 3.63) is 0 Å². The summed E-state index contributed by atoms with van der Waals surface area (Å²) in [6, 6.07) is 0. The molecule has 0 bridgehead atoms. The third-order valence-electron chi connectivity index (χ3n) is 2.76. The zero-order valence-electron chi connectivity index (χ0n) is 12.1. The summed E-state index contributed by atoms with van der Waals surface area (Å²) in [5, 5.41) is 9.17. The second-order valence-electron chi connectivity index (χ2n) is 4.68. The van der Waals surface area contributed by atoms with Gasteiger partial charge in [-0.1, -0.05) is 0 Å². The van der Waals surface area contributed by atoms with E-state index in [0.717, 1.165) is 12.5 Å². The highest BCUT2D eigenvalue weighted by Gasteiger charge is 2.42. The summed E-state index contributed by atoms with van der Waals surface area (Å²) in [4.78, 5) is 22.4. The summed E-state index contributed by atoms with van der Waals surface area (Å²) in [6.45, 7) is -0.958. The molecule has 2 atom stereocenters. The van der Waals surface area contributed by atoms with Gasteiger partial charge in [0.15, 0.2) is 0 Å². The third-order valence-corrected chi connectivity index (χ3v) is 3.95. The zero-order valence-corrected chi connectivity index (χ0v) is 13.7. The van der Waals surface area contributed by atoms with Crippen molar-refractivity contribution in [2.24, 2.45) is 11.7 Å². The van der Waals surface area contributed by atoms with Gasteiger partial charge in [0.2, 0.25) is 0 Å². The van der Waals surface area contributed by atoms with Crippen molar-refractivity contribution in [1.82, 2.24) is 0 Å². The first kappa shape index (κ1) is 20.9. The number of carboxylic acid groups (broad SMARTS) is 1. The number of aliphatic carboxylic acids is 1. The maximum atomic E-state index is 11.3. The first-order valence-electron chi connectivity index (χ1n) is 5.98. The van der Waals surface area contributed by atoms with Gasteiger partial charge in [-0.25, -0.2) is 0 Å². The van der Waals surface area contributed by atoms with E-state index in [1.54, 1.807) is 0 Å². The van der Waals surface area contributed by atoms with Gasteiger partial charge in [-0.05, 0) is 6.42 Å². The third kappa shape index (κ3) is 7.79. The quantitative estimate of drug-likeness (QED) is 0.320. The second kappa shape index (κ2) is 7.97. The van der Waals surface area contributed by atoms with Gasteiger partial charge in [0.25, 0.3) is 20.2 Å². The summed E-state index contributed by atoms with van der Waals surface area (Å²) in [5.74, 6) is -2.82. The molecule has 130 valence electrons. The monoisotopic (exact) mass is 361 g/mol. The fourth-order valence-corrected chi connectivity index (χ4v) is 2.37. The Hall–Kier alpha value is -1.08. The highest BCUT2D eigenvalue weighted by Crippen LogP contribution is 2.22. The van der Waals surface area contributed by atoms with Crippen molar-refractivity contribution >= 4 is 32.5 Å². The van der Waals surface area contributed by atoms with Gasteiger partial charge in [-0.2, -0.15) is 16.8 Å². The van der Waals surface area contributed by atoms with E-state index >= 15 is 0 Å². The summed E-state index contributed by atoms with van der Waals surface area (Å²) < 4.78 is 52.2. The molecule has 0 aromatic carbocycles. The van der Waals surface area contributed by atoms with Crippen molar-refractivity contribution in [1.29, 1.82) is 0 Å². The van der Waals surface area contributed by atoms with Crippen LogP contribution in [-0.2, 0) is 38.2 Å². The molecule has 0 spiro atoms. The molecule has 0 aliphatic rings. The number of hydrogen-bond donors (Lipinski definition) is 2. The van der Waals surface area contributed by atoms with Crippen LogP contribution in [-0.4, -0.2) is 65.5 Å². The highest BCUT2D eigenvalue weighted by atomic mass is 32.2. The minimum absolute atomic E-state index is 0.264. The molecule has 0 aliphatic carbocycles. The Bertz CT molecular complexity index is 598. The van der Waals surface area contributed by atoms with E-state index < -0.39 is 57.3 Å². The fraction of sp³-hybridized carbons (Fsp3) is 0.800. The molecule has 0 radical (unpaired) electrons. The largest absolute Gasteiger partial charge is 0.480 e. The average Bonchev–Trinajstić information content (AvgIpc) is 2.31. The lowest BCUT2D eigenvalue weighted by Gasteiger charge is -2.29. The van der Waals surface area contributed by atoms with Gasteiger partial charge < -0.3 is 15.6 Å². The smallest absolute Gasteiger partial charge is 0.324 e. The van der Waals surface area contributed by atoms with Gasteiger partial charge in [-0.3, -0.25) is 13.2 Å².